The minimum Gasteiger partial charge on any atom is -0.465 e. The summed E-state index contributed by atoms with van der Waals surface area (Å²) in [4.78, 5) is 13.1. The van der Waals surface area contributed by atoms with Crippen LogP contribution in [0.3, 0.4) is 0 Å². The predicted molar refractivity (Wildman–Crippen MR) is 82.8 cm³/mol. The molecule has 0 aliphatic carbocycles. The molecule has 0 aliphatic rings. The van der Waals surface area contributed by atoms with Gasteiger partial charge in [-0.05, 0) is 42.8 Å². The SMILES string of the molecule is CCOC(=O)C(Sc1ccccc1)c1cc(F)cc(C#N)c1. The quantitative estimate of drug-likeness (QED) is 0.616. The highest BCUT2D eigenvalue weighted by atomic mass is 32.2. The van der Waals surface area contributed by atoms with Gasteiger partial charge in [0.1, 0.15) is 11.1 Å². The maximum absolute atomic E-state index is 13.7. The highest BCUT2D eigenvalue weighted by Crippen LogP contribution is 2.36. The van der Waals surface area contributed by atoms with Crippen LogP contribution in [0.1, 0.15) is 23.3 Å². The molecule has 5 heteroatoms. The summed E-state index contributed by atoms with van der Waals surface area (Å²) < 4.78 is 18.7. The standard InChI is InChI=1S/C17H14FNO2S/c1-2-21-17(20)16(22-15-6-4-3-5-7-15)13-8-12(11-19)9-14(18)10-13/h3-10,16H,2H2,1H3. The summed E-state index contributed by atoms with van der Waals surface area (Å²) in [6, 6.07) is 15.1. The zero-order valence-corrected chi connectivity index (χ0v) is 12.8. The first-order valence-electron chi connectivity index (χ1n) is 6.73. The number of benzene rings is 2. The van der Waals surface area contributed by atoms with E-state index >= 15 is 0 Å². The number of halogens is 1. The van der Waals surface area contributed by atoms with Gasteiger partial charge in [0.2, 0.25) is 0 Å². The number of ether oxygens (including phenoxy) is 1. The largest absolute Gasteiger partial charge is 0.465 e. The molecule has 2 aromatic carbocycles. The van der Waals surface area contributed by atoms with Gasteiger partial charge in [0.15, 0.2) is 0 Å². The van der Waals surface area contributed by atoms with Gasteiger partial charge in [0.25, 0.3) is 0 Å². The van der Waals surface area contributed by atoms with Gasteiger partial charge < -0.3 is 4.74 Å². The lowest BCUT2D eigenvalue weighted by Gasteiger charge is -2.16. The number of carbonyl (C=O) groups is 1. The van der Waals surface area contributed by atoms with Crippen molar-refractivity contribution in [3.05, 3.63) is 65.5 Å². The van der Waals surface area contributed by atoms with Crippen molar-refractivity contribution < 1.29 is 13.9 Å². The van der Waals surface area contributed by atoms with E-state index in [4.69, 9.17) is 10.00 Å². The highest BCUT2D eigenvalue weighted by molar-refractivity contribution is 8.00. The molecule has 3 nitrogen and oxygen atoms in total. The lowest BCUT2D eigenvalue weighted by Crippen LogP contribution is -2.13. The third-order valence-corrected chi connectivity index (χ3v) is 4.09. The Morgan fingerprint density at radius 3 is 2.68 bits per heavy atom. The fourth-order valence-corrected chi connectivity index (χ4v) is 2.96. The maximum Gasteiger partial charge on any atom is 0.323 e. The monoisotopic (exact) mass is 315 g/mol. The van der Waals surface area contributed by atoms with E-state index in [0.717, 1.165) is 11.0 Å². The Morgan fingerprint density at radius 1 is 1.32 bits per heavy atom. The summed E-state index contributed by atoms with van der Waals surface area (Å²) in [6.07, 6.45) is 0. The molecule has 0 spiro atoms. The van der Waals surface area contributed by atoms with Gasteiger partial charge in [-0.3, -0.25) is 4.79 Å². The lowest BCUT2D eigenvalue weighted by atomic mass is 10.1. The fourth-order valence-electron chi connectivity index (χ4n) is 1.93. The molecular formula is C17H14FNO2S. The molecule has 0 saturated heterocycles. The first kappa shape index (κ1) is 16.1. The van der Waals surface area contributed by atoms with Gasteiger partial charge >= 0.3 is 5.97 Å². The second kappa shape index (κ2) is 7.62. The molecule has 1 atom stereocenters. The number of carbonyl (C=O) groups excluding carboxylic acids is 1. The van der Waals surface area contributed by atoms with Crippen molar-refractivity contribution in [1.82, 2.24) is 0 Å². The second-order valence-electron chi connectivity index (χ2n) is 4.45. The van der Waals surface area contributed by atoms with Gasteiger partial charge in [-0.2, -0.15) is 5.26 Å². The van der Waals surface area contributed by atoms with Crippen molar-refractivity contribution >= 4 is 17.7 Å². The van der Waals surface area contributed by atoms with E-state index in [1.54, 1.807) is 6.92 Å². The summed E-state index contributed by atoms with van der Waals surface area (Å²) in [5.41, 5.74) is 0.599. The molecule has 0 aliphatic heterocycles. The van der Waals surface area contributed by atoms with Crippen molar-refractivity contribution in [3.63, 3.8) is 0 Å². The fraction of sp³-hybridized carbons (Fsp3) is 0.176. The predicted octanol–water partition coefficient (Wildman–Crippen LogP) is 4.09. The minimum absolute atomic E-state index is 0.179. The van der Waals surface area contributed by atoms with Gasteiger partial charge in [-0.15, -0.1) is 11.8 Å². The van der Waals surface area contributed by atoms with Crippen LogP contribution in [0.15, 0.2) is 53.4 Å². The van der Waals surface area contributed by atoms with Crippen LogP contribution in [-0.2, 0) is 9.53 Å². The van der Waals surface area contributed by atoms with Crippen molar-refractivity contribution in [1.29, 1.82) is 5.26 Å². The van der Waals surface area contributed by atoms with Crippen LogP contribution in [-0.4, -0.2) is 12.6 Å². The Balaban J connectivity index is 2.38. The molecule has 0 bridgehead atoms. The number of nitriles is 1. The second-order valence-corrected chi connectivity index (χ2v) is 5.63. The van der Waals surface area contributed by atoms with Gasteiger partial charge in [0, 0.05) is 4.90 Å². The Labute approximate surface area is 132 Å². The van der Waals surface area contributed by atoms with Crippen LogP contribution in [0.4, 0.5) is 4.39 Å². The van der Waals surface area contributed by atoms with Crippen molar-refractivity contribution in [3.8, 4) is 6.07 Å². The molecule has 0 radical (unpaired) electrons. The molecular weight excluding hydrogens is 301 g/mol. The third kappa shape index (κ3) is 4.09. The Hall–Kier alpha value is -2.32. The number of thioether (sulfide) groups is 1. The lowest BCUT2D eigenvalue weighted by molar-refractivity contribution is -0.142. The van der Waals surface area contributed by atoms with Crippen LogP contribution >= 0.6 is 11.8 Å². The van der Waals surface area contributed by atoms with Crippen LogP contribution in [0.2, 0.25) is 0 Å². The number of nitrogens with zero attached hydrogens (tertiary/aromatic N) is 1. The minimum atomic E-state index is -0.717. The molecule has 0 saturated carbocycles. The van der Waals surface area contributed by atoms with Crippen LogP contribution in [0.5, 0.6) is 0 Å². The first-order valence-corrected chi connectivity index (χ1v) is 7.61. The summed E-state index contributed by atoms with van der Waals surface area (Å²) >= 11 is 1.27. The van der Waals surface area contributed by atoms with E-state index in [-0.39, 0.29) is 12.2 Å². The van der Waals surface area contributed by atoms with Gasteiger partial charge in [0.05, 0.1) is 18.2 Å². The highest BCUT2D eigenvalue weighted by Gasteiger charge is 2.24. The third-order valence-electron chi connectivity index (χ3n) is 2.85. The van der Waals surface area contributed by atoms with Crippen molar-refractivity contribution in [2.75, 3.05) is 6.61 Å². The average Bonchev–Trinajstić information content (AvgIpc) is 2.53. The molecule has 112 valence electrons. The smallest absolute Gasteiger partial charge is 0.323 e. The normalized spacial score (nSPS) is 11.5. The van der Waals surface area contributed by atoms with Gasteiger partial charge in [-0.1, -0.05) is 18.2 Å². The van der Waals surface area contributed by atoms with Crippen LogP contribution < -0.4 is 0 Å². The summed E-state index contributed by atoms with van der Waals surface area (Å²) in [5.74, 6) is -0.997. The van der Waals surface area contributed by atoms with Crippen molar-refractivity contribution in [2.45, 2.75) is 17.1 Å². The maximum atomic E-state index is 13.7. The first-order chi connectivity index (χ1) is 10.6. The topological polar surface area (TPSA) is 50.1 Å². The van der Waals surface area contributed by atoms with E-state index in [2.05, 4.69) is 0 Å². The molecule has 0 N–H and O–H groups in total. The Kier molecular flexibility index (Phi) is 5.56. The van der Waals surface area contributed by atoms with Crippen LogP contribution in [0, 0.1) is 17.1 Å². The number of rotatable bonds is 5. The molecule has 2 rings (SSSR count). The molecule has 22 heavy (non-hydrogen) atoms. The van der Waals surface area contributed by atoms with E-state index in [1.807, 2.05) is 36.4 Å². The molecule has 1 unspecified atom stereocenters. The summed E-state index contributed by atoms with van der Waals surface area (Å²) in [6.45, 7) is 1.96. The van der Waals surface area contributed by atoms with E-state index in [1.165, 1.54) is 23.9 Å². The van der Waals surface area contributed by atoms with E-state index < -0.39 is 17.0 Å². The van der Waals surface area contributed by atoms with Crippen molar-refractivity contribution in [2.24, 2.45) is 0 Å². The molecule has 0 amide bonds. The average molecular weight is 315 g/mol. The number of hydrogen-bond donors (Lipinski definition) is 0. The Bertz CT molecular complexity index is 698. The van der Waals surface area contributed by atoms with Crippen LogP contribution in [0.25, 0.3) is 0 Å². The number of hydrogen-bond acceptors (Lipinski definition) is 4. The molecule has 0 fully saturated rings. The zero-order valence-electron chi connectivity index (χ0n) is 12.0. The van der Waals surface area contributed by atoms with E-state index in [0.29, 0.717) is 5.56 Å². The molecule has 0 heterocycles. The molecule has 0 aromatic heterocycles. The zero-order chi connectivity index (χ0) is 15.9. The Morgan fingerprint density at radius 2 is 2.05 bits per heavy atom. The van der Waals surface area contributed by atoms with Gasteiger partial charge in [-0.25, -0.2) is 4.39 Å². The summed E-state index contributed by atoms with van der Waals surface area (Å²) in [7, 11) is 0. The summed E-state index contributed by atoms with van der Waals surface area (Å²) in [5, 5.41) is 8.24. The number of esters is 1. The van der Waals surface area contributed by atoms with E-state index in [9.17, 15) is 9.18 Å². The molecule has 2 aromatic rings.